The summed E-state index contributed by atoms with van der Waals surface area (Å²) in [6.07, 6.45) is 1.87. The Morgan fingerprint density at radius 2 is 1.67 bits per heavy atom. The summed E-state index contributed by atoms with van der Waals surface area (Å²) in [5, 5.41) is 4.02. The molecule has 0 aliphatic carbocycles. The number of hydrogen-bond acceptors (Lipinski definition) is 6. The molecule has 4 aromatic carbocycles. The van der Waals surface area contributed by atoms with Crippen molar-refractivity contribution in [2.75, 3.05) is 13.7 Å². The lowest BCUT2D eigenvalue weighted by molar-refractivity contribution is -0.139. The number of allylic oxidation sites excluding steroid dienone is 1. The first-order valence-corrected chi connectivity index (χ1v) is 13.6. The van der Waals surface area contributed by atoms with Crippen molar-refractivity contribution in [2.24, 2.45) is 4.99 Å². The van der Waals surface area contributed by atoms with Crippen LogP contribution >= 0.6 is 11.3 Å². The second-order valence-electron chi connectivity index (χ2n) is 9.27. The topological polar surface area (TPSA) is 69.9 Å². The highest BCUT2D eigenvalue weighted by molar-refractivity contribution is 7.07. The van der Waals surface area contributed by atoms with E-state index in [1.54, 1.807) is 25.5 Å². The lowest BCUT2D eigenvalue weighted by atomic mass is 9.91. The fraction of sp³-hybridized carbons (Fsp3) is 0.156. The van der Waals surface area contributed by atoms with E-state index in [4.69, 9.17) is 14.5 Å². The third-order valence-electron chi connectivity index (χ3n) is 7.06. The summed E-state index contributed by atoms with van der Waals surface area (Å²) in [5.74, 6) is 0.204. The van der Waals surface area contributed by atoms with Gasteiger partial charge in [-0.15, -0.1) is 0 Å². The van der Waals surface area contributed by atoms with Crippen molar-refractivity contribution in [3.63, 3.8) is 0 Å². The molecule has 0 amide bonds. The molecule has 0 saturated heterocycles. The van der Waals surface area contributed by atoms with Crippen LogP contribution in [-0.2, 0) is 9.53 Å². The Balaban J connectivity index is 1.66. The maximum atomic E-state index is 14.2. The molecule has 1 unspecified atom stereocenters. The molecule has 5 aromatic rings. The van der Waals surface area contributed by atoms with Crippen LogP contribution in [0.15, 0.2) is 99.9 Å². The van der Waals surface area contributed by atoms with E-state index in [0.717, 1.165) is 32.7 Å². The van der Waals surface area contributed by atoms with Crippen LogP contribution < -0.4 is 19.6 Å². The SMILES string of the molecule is CCOC(=O)C1=C(C)N=c2s/c(=C/c3c(OC)ccc4ccccc34)c(=O)n2C1c1cccc2ccccc12. The predicted molar refractivity (Wildman–Crippen MR) is 155 cm³/mol. The largest absolute Gasteiger partial charge is 0.496 e. The Morgan fingerprint density at radius 1 is 0.974 bits per heavy atom. The Morgan fingerprint density at radius 3 is 2.41 bits per heavy atom. The molecule has 6 nitrogen and oxygen atoms in total. The fourth-order valence-corrected chi connectivity index (χ4v) is 6.34. The van der Waals surface area contributed by atoms with Crippen molar-refractivity contribution in [3.8, 4) is 5.75 Å². The molecule has 2 heterocycles. The van der Waals surface area contributed by atoms with E-state index in [9.17, 15) is 9.59 Å². The van der Waals surface area contributed by atoms with Gasteiger partial charge in [0.05, 0.1) is 35.6 Å². The number of ether oxygens (including phenoxy) is 2. The first-order valence-electron chi connectivity index (χ1n) is 12.7. The van der Waals surface area contributed by atoms with Gasteiger partial charge >= 0.3 is 5.97 Å². The van der Waals surface area contributed by atoms with Crippen LogP contribution in [0.3, 0.4) is 0 Å². The van der Waals surface area contributed by atoms with Crippen molar-refractivity contribution in [1.82, 2.24) is 4.57 Å². The molecule has 1 aliphatic rings. The molecule has 0 radical (unpaired) electrons. The number of aromatic nitrogens is 1. The maximum absolute atomic E-state index is 14.2. The molecular weight excluding hydrogens is 508 g/mol. The monoisotopic (exact) mass is 534 g/mol. The van der Waals surface area contributed by atoms with Crippen LogP contribution in [0.2, 0.25) is 0 Å². The van der Waals surface area contributed by atoms with Crippen molar-refractivity contribution >= 4 is 44.9 Å². The van der Waals surface area contributed by atoms with E-state index in [0.29, 0.717) is 26.4 Å². The smallest absolute Gasteiger partial charge is 0.338 e. The molecule has 0 spiro atoms. The minimum absolute atomic E-state index is 0.221. The highest BCUT2D eigenvalue weighted by Gasteiger charge is 2.34. The third-order valence-corrected chi connectivity index (χ3v) is 8.04. The lowest BCUT2D eigenvalue weighted by Crippen LogP contribution is -2.40. The Labute approximate surface area is 228 Å². The van der Waals surface area contributed by atoms with Crippen LogP contribution in [-0.4, -0.2) is 24.3 Å². The minimum atomic E-state index is -0.678. The van der Waals surface area contributed by atoms with Crippen molar-refractivity contribution in [1.29, 1.82) is 0 Å². The molecule has 1 aliphatic heterocycles. The molecule has 0 saturated carbocycles. The van der Waals surface area contributed by atoms with Crippen molar-refractivity contribution in [2.45, 2.75) is 19.9 Å². The van der Waals surface area contributed by atoms with Crippen molar-refractivity contribution in [3.05, 3.63) is 121 Å². The maximum Gasteiger partial charge on any atom is 0.338 e. The average molecular weight is 535 g/mol. The first kappa shape index (κ1) is 24.8. The van der Waals surface area contributed by atoms with Crippen LogP contribution in [0, 0.1) is 0 Å². The zero-order chi connectivity index (χ0) is 27.1. The third kappa shape index (κ3) is 4.15. The quantitative estimate of drug-likeness (QED) is 0.294. The van der Waals surface area contributed by atoms with Gasteiger partial charge < -0.3 is 9.47 Å². The first-order chi connectivity index (χ1) is 19.0. The molecule has 0 bridgehead atoms. The number of methoxy groups -OCH3 is 1. The van der Waals surface area contributed by atoms with Gasteiger partial charge in [0.1, 0.15) is 5.75 Å². The second kappa shape index (κ2) is 10.0. The van der Waals surface area contributed by atoms with E-state index < -0.39 is 12.0 Å². The summed E-state index contributed by atoms with van der Waals surface area (Å²) in [6.45, 7) is 3.80. The average Bonchev–Trinajstić information content (AvgIpc) is 3.26. The molecule has 1 atom stereocenters. The zero-order valence-electron chi connectivity index (χ0n) is 21.8. The summed E-state index contributed by atoms with van der Waals surface area (Å²) in [4.78, 5) is 32.7. The van der Waals surface area contributed by atoms with Gasteiger partial charge in [-0.05, 0) is 53.1 Å². The normalized spacial score (nSPS) is 15.4. The minimum Gasteiger partial charge on any atom is -0.496 e. The molecule has 7 heteroatoms. The molecular formula is C32H26N2O4S. The van der Waals surface area contributed by atoms with Gasteiger partial charge in [0, 0.05) is 5.56 Å². The van der Waals surface area contributed by atoms with Gasteiger partial charge in [-0.1, -0.05) is 84.1 Å². The van der Waals surface area contributed by atoms with E-state index in [1.807, 2.05) is 84.9 Å². The number of rotatable bonds is 5. The van der Waals surface area contributed by atoms with Crippen molar-refractivity contribution < 1.29 is 14.3 Å². The standard InChI is InChI=1S/C32H26N2O4S/c1-4-38-31(36)28-19(2)33-32-34(29(28)24-15-9-12-20-10-5-7-13-22(20)24)30(35)27(39-32)18-25-23-14-8-6-11-21(23)16-17-26(25)37-3/h5-18,29H,4H2,1-3H3/b27-18+. The molecule has 194 valence electrons. The predicted octanol–water partition coefficient (Wildman–Crippen LogP) is 5.11. The zero-order valence-corrected chi connectivity index (χ0v) is 22.6. The van der Waals surface area contributed by atoms with Crippen LogP contribution in [0.1, 0.15) is 31.0 Å². The molecule has 0 N–H and O–H groups in total. The summed E-state index contributed by atoms with van der Waals surface area (Å²) >= 11 is 1.31. The van der Waals surface area contributed by atoms with E-state index in [-0.39, 0.29) is 12.2 Å². The number of carbonyl (C=O) groups excluding carboxylic acids is 1. The van der Waals surface area contributed by atoms with Crippen LogP contribution in [0.4, 0.5) is 0 Å². The summed E-state index contributed by atoms with van der Waals surface area (Å²) in [6, 6.07) is 25.1. The lowest BCUT2D eigenvalue weighted by Gasteiger charge is -2.25. The van der Waals surface area contributed by atoms with Crippen LogP contribution in [0.25, 0.3) is 27.6 Å². The Hall–Kier alpha value is -4.49. The summed E-state index contributed by atoms with van der Waals surface area (Å²) in [5.41, 5.74) is 2.36. The molecule has 6 rings (SSSR count). The van der Waals surface area contributed by atoms with Gasteiger partial charge in [-0.25, -0.2) is 9.79 Å². The molecule has 1 aromatic heterocycles. The molecule has 39 heavy (non-hydrogen) atoms. The number of benzene rings is 4. The highest BCUT2D eigenvalue weighted by atomic mass is 32.1. The number of thiazole rings is 1. The van der Waals surface area contributed by atoms with Gasteiger partial charge in [0.15, 0.2) is 4.80 Å². The highest BCUT2D eigenvalue weighted by Crippen LogP contribution is 2.35. The van der Waals surface area contributed by atoms with Gasteiger partial charge in [-0.3, -0.25) is 9.36 Å². The van der Waals surface area contributed by atoms with E-state index >= 15 is 0 Å². The van der Waals surface area contributed by atoms with Crippen LogP contribution in [0.5, 0.6) is 5.75 Å². The fourth-order valence-electron chi connectivity index (χ4n) is 5.31. The van der Waals surface area contributed by atoms with Gasteiger partial charge in [0.25, 0.3) is 5.56 Å². The van der Waals surface area contributed by atoms with E-state index in [2.05, 4.69) is 0 Å². The number of nitrogens with zero attached hydrogens (tertiary/aromatic N) is 2. The Bertz CT molecular complexity index is 1980. The number of esters is 1. The Kier molecular flexibility index (Phi) is 6.37. The number of hydrogen-bond donors (Lipinski definition) is 0. The number of fused-ring (bicyclic) bond motifs is 3. The molecule has 0 fully saturated rings. The number of carbonyl (C=O) groups is 1. The second-order valence-corrected chi connectivity index (χ2v) is 10.3. The summed E-state index contributed by atoms with van der Waals surface area (Å²) in [7, 11) is 1.62. The van der Waals surface area contributed by atoms with E-state index in [1.165, 1.54) is 11.3 Å². The van der Waals surface area contributed by atoms with Gasteiger partial charge in [0.2, 0.25) is 0 Å². The van der Waals surface area contributed by atoms with Gasteiger partial charge in [-0.2, -0.15) is 0 Å². The summed E-state index contributed by atoms with van der Waals surface area (Å²) < 4.78 is 13.3.